The Morgan fingerprint density at radius 3 is 2.65 bits per heavy atom. The molecule has 0 unspecified atom stereocenters. The molecule has 0 spiro atoms. The molecule has 0 saturated carbocycles. The maximum absolute atomic E-state index is 14.4. The molecular formula is C16H14BrF2NO3. The van der Waals surface area contributed by atoms with E-state index < -0.39 is 23.0 Å². The number of ketones is 1. The van der Waals surface area contributed by atoms with Crippen LogP contribution in [-0.2, 0) is 18.2 Å². The standard InChI is InChI=1S/C16H14BrF2NO3/c1-20-7-12(14(21)8-23-2)11(15(19)16(20)22)5-9-3-4-10(17)6-13(9)18/h3-4,6-7H,5,8H2,1-2H3. The maximum Gasteiger partial charge on any atom is 0.286 e. The van der Waals surface area contributed by atoms with Gasteiger partial charge in [-0.3, -0.25) is 9.59 Å². The van der Waals surface area contributed by atoms with Crippen LogP contribution in [0.15, 0.2) is 33.7 Å². The molecule has 23 heavy (non-hydrogen) atoms. The van der Waals surface area contributed by atoms with Gasteiger partial charge in [0.05, 0.1) is 0 Å². The van der Waals surface area contributed by atoms with Crippen LogP contribution < -0.4 is 5.56 Å². The van der Waals surface area contributed by atoms with Gasteiger partial charge in [-0.1, -0.05) is 22.0 Å². The van der Waals surface area contributed by atoms with Gasteiger partial charge in [-0.05, 0) is 17.7 Å². The lowest BCUT2D eigenvalue weighted by molar-refractivity contribution is 0.0845. The van der Waals surface area contributed by atoms with Gasteiger partial charge < -0.3 is 9.30 Å². The number of hydrogen-bond donors (Lipinski definition) is 0. The Kier molecular flexibility index (Phi) is 5.43. The van der Waals surface area contributed by atoms with Crippen LogP contribution in [0, 0.1) is 11.6 Å². The molecule has 122 valence electrons. The van der Waals surface area contributed by atoms with E-state index in [0.717, 1.165) is 4.57 Å². The molecule has 1 aromatic heterocycles. The molecule has 0 radical (unpaired) electrons. The van der Waals surface area contributed by atoms with Crippen molar-refractivity contribution >= 4 is 21.7 Å². The van der Waals surface area contributed by atoms with Crippen LogP contribution in [0.1, 0.15) is 21.5 Å². The van der Waals surface area contributed by atoms with Crippen LogP contribution in [0.4, 0.5) is 8.78 Å². The molecule has 1 aromatic carbocycles. The highest BCUT2D eigenvalue weighted by Crippen LogP contribution is 2.21. The van der Waals surface area contributed by atoms with E-state index >= 15 is 0 Å². The average Bonchev–Trinajstić information content (AvgIpc) is 2.50. The number of benzene rings is 1. The highest BCUT2D eigenvalue weighted by atomic mass is 79.9. The van der Waals surface area contributed by atoms with Crippen molar-refractivity contribution < 1.29 is 18.3 Å². The largest absolute Gasteiger partial charge is 0.377 e. The second kappa shape index (κ2) is 7.14. The summed E-state index contributed by atoms with van der Waals surface area (Å²) in [5.41, 5.74) is -0.802. The fourth-order valence-corrected chi connectivity index (χ4v) is 2.54. The minimum Gasteiger partial charge on any atom is -0.377 e. The highest BCUT2D eigenvalue weighted by Gasteiger charge is 2.21. The molecule has 2 aromatic rings. The number of nitrogens with zero attached hydrogens (tertiary/aromatic N) is 1. The third-order valence-corrected chi connectivity index (χ3v) is 3.87. The number of rotatable bonds is 5. The Labute approximate surface area is 139 Å². The van der Waals surface area contributed by atoms with E-state index in [4.69, 9.17) is 4.74 Å². The second-order valence-corrected chi connectivity index (χ2v) is 5.94. The first-order valence-corrected chi connectivity index (χ1v) is 7.48. The minimum absolute atomic E-state index is 0.00812. The Morgan fingerprint density at radius 1 is 1.35 bits per heavy atom. The van der Waals surface area contributed by atoms with Gasteiger partial charge >= 0.3 is 0 Å². The number of aromatic nitrogens is 1. The zero-order valence-electron chi connectivity index (χ0n) is 12.5. The quantitative estimate of drug-likeness (QED) is 0.743. The van der Waals surface area contributed by atoms with Gasteiger partial charge in [-0.25, -0.2) is 8.78 Å². The third-order valence-electron chi connectivity index (χ3n) is 3.38. The summed E-state index contributed by atoms with van der Waals surface area (Å²) in [6.07, 6.45) is 1.05. The highest BCUT2D eigenvalue weighted by molar-refractivity contribution is 9.10. The number of pyridine rings is 1. The molecule has 0 saturated heterocycles. The summed E-state index contributed by atoms with van der Waals surface area (Å²) in [7, 11) is 2.68. The van der Waals surface area contributed by atoms with E-state index in [9.17, 15) is 18.4 Å². The first kappa shape index (κ1) is 17.5. The van der Waals surface area contributed by atoms with Crippen molar-refractivity contribution in [2.75, 3.05) is 13.7 Å². The molecule has 2 rings (SSSR count). The number of ether oxygens (including phenoxy) is 1. The fourth-order valence-electron chi connectivity index (χ4n) is 2.21. The second-order valence-electron chi connectivity index (χ2n) is 5.02. The lowest BCUT2D eigenvalue weighted by Crippen LogP contribution is -2.26. The molecule has 0 atom stereocenters. The molecule has 7 heteroatoms. The SMILES string of the molecule is COCC(=O)c1cn(C)c(=O)c(F)c1Cc1ccc(Br)cc1F. The number of Topliss-reactive ketones (excluding diaryl/α,β-unsaturated/α-hetero) is 1. The Hall–Kier alpha value is -1.86. The van der Waals surface area contributed by atoms with E-state index in [-0.39, 0.29) is 29.7 Å². The van der Waals surface area contributed by atoms with Crippen molar-refractivity contribution in [3.63, 3.8) is 0 Å². The molecule has 1 heterocycles. The predicted octanol–water partition coefficient (Wildman–Crippen LogP) is 2.85. The lowest BCUT2D eigenvalue weighted by Gasteiger charge is -2.12. The van der Waals surface area contributed by atoms with Gasteiger partial charge in [-0.2, -0.15) is 0 Å². The fraction of sp³-hybridized carbons (Fsp3) is 0.250. The Bertz CT molecular complexity index is 818. The molecule has 0 fully saturated rings. The van der Waals surface area contributed by atoms with Crippen molar-refractivity contribution in [1.82, 2.24) is 4.57 Å². The number of hydrogen-bond acceptors (Lipinski definition) is 3. The van der Waals surface area contributed by atoms with Crippen LogP contribution >= 0.6 is 15.9 Å². The molecule has 0 aliphatic carbocycles. The Morgan fingerprint density at radius 2 is 2.04 bits per heavy atom. The first-order valence-electron chi connectivity index (χ1n) is 6.69. The van der Waals surface area contributed by atoms with Crippen LogP contribution in [0.2, 0.25) is 0 Å². The van der Waals surface area contributed by atoms with Gasteiger partial charge in [0.1, 0.15) is 12.4 Å². The molecule has 0 amide bonds. The average molecular weight is 386 g/mol. The number of methoxy groups -OCH3 is 1. The molecular weight excluding hydrogens is 372 g/mol. The van der Waals surface area contributed by atoms with Crippen LogP contribution in [0.25, 0.3) is 0 Å². The molecule has 0 aliphatic heterocycles. The van der Waals surface area contributed by atoms with Crippen LogP contribution in [0.3, 0.4) is 0 Å². The van der Waals surface area contributed by atoms with Gasteiger partial charge in [0, 0.05) is 42.4 Å². The minimum atomic E-state index is -1.06. The zero-order valence-corrected chi connectivity index (χ0v) is 14.1. The van der Waals surface area contributed by atoms with Crippen molar-refractivity contribution in [2.24, 2.45) is 7.05 Å². The monoisotopic (exact) mass is 385 g/mol. The van der Waals surface area contributed by atoms with E-state index in [1.807, 2.05) is 0 Å². The van der Waals surface area contributed by atoms with Gasteiger partial charge in [0.2, 0.25) is 0 Å². The summed E-state index contributed by atoms with van der Waals surface area (Å²) >= 11 is 3.14. The normalized spacial score (nSPS) is 10.8. The van der Waals surface area contributed by atoms with Crippen LogP contribution in [0.5, 0.6) is 0 Å². The number of halogens is 3. The summed E-state index contributed by atoms with van der Waals surface area (Å²) in [5, 5.41) is 0. The van der Waals surface area contributed by atoms with Gasteiger partial charge in [-0.15, -0.1) is 0 Å². The molecule has 4 nitrogen and oxygen atoms in total. The topological polar surface area (TPSA) is 48.3 Å². The molecule has 0 N–H and O–H groups in total. The number of aryl methyl sites for hydroxylation is 1. The van der Waals surface area contributed by atoms with E-state index in [2.05, 4.69) is 15.9 Å². The van der Waals surface area contributed by atoms with Crippen molar-refractivity contribution in [3.8, 4) is 0 Å². The van der Waals surface area contributed by atoms with Gasteiger partial charge in [0.15, 0.2) is 11.6 Å². The predicted molar refractivity (Wildman–Crippen MR) is 84.8 cm³/mol. The molecule has 0 aliphatic rings. The smallest absolute Gasteiger partial charge is 0.286 e. The lowest BCUT2D eigenvalue weighted by atomic mass is 9.98. The Balaban J connectivity index is 2.57. The first-order chi connectivity index (χ1) is 10.8. The molecule has 0 bridgehead atoms. The van der Waals surface area contributed by atoms with Crippen LogP contribution in [-0.4, -0.2) is 24.1 Å². The summed E-state index contributed by atoms with van der Waals surface area (Å²) in [6.45, 7) is -0.256. The van der Waals surface area contributed by atoms with E-state index in [1.165, 1.54) is 32.5 Å². The van der Waals surface area contributed by atoms with Crippen molar-refractivity contribution in [1.29, 1.82) is 0 Å². The zero-order chi connectivity index (χ0) is 17.1. The van der Waals surface area contributed by atoms with Crippen molar-refractivity contribution in [2.45, 2.75) is 6.42 Å². The van der Waals surface area contributed by atoms with Gasteiger partial charge in [0.25, 0.3) is 5.56 Å². The summed E-state index contributed by atoms with van der Waals surface area (Å²) in [6, 6.07) is 4.32. The van der Waals surface area contributed by atoms with Crippen molar-refractivity contribution in [3.05, 3.63) is 67.5 Å². The maximum atomic E-state index is 14.4. The summed E-state index contributed by atoms with van der Waals surface area (Å²) in [4.78, 5) is 23.9. The summed E-state index contributed by atoms with van der Waals surface area (Å²) < 4.78 is 34.6. The number of carbonyl (C=O) groups is 1. The summed E-state index contributed by atoms with van der Waals surface area (Å²) in [5.74, 6) is -2.09. The van der Waals surface area contributed by atoms with E-state index in [1.54, 1.807) is 6.07 Å². The third kappa shape index (κ3) is 3.73. The van der Waals surface area contributed by atoms with E-state index in [0.29, 0.717) is 4.47 Å². The number of carbonyl (C=O) groups excluding carboxylic acids is 1.